The Hall–Kier alpha value is -1.48. The number of carbonyl (C=O) groups excluding carboxylic acids is 1. The van der Waals surface area contributed by atoms with Crippen molar-refractivity contribution in [2.24, 2.45) is 5.92 Å². The number of aromatic amines is 1. The number of aromatic nitrogens is 2. The average Bonchev–Trinajstić information content (AvgIpc) is 2.93. The maximum absolute atomic E-state index is 12.0. The normalized spacial score (nSPS) is 24.0. The van der Waals surface area contributed by atoms with Crippen LogP contribution in [0.5, 0.6) is 0 Å². The van der Waals surface area contributed by atoms with Crippen LogP contribution in [0.3, 0.4) is 0 Å². The van der Waals surface area contributed by atoms with E-state index in [1.165, 1.54) is 28.6 Å². The van der Waals surface area contributed by atoms with Crippen LogP contribution in [-0.4, -0.2) is 39.5 Å². The molecule has 0 saturated carbocycles. The fraction of sp³-hybridized carbons (Fsp3) is 0.688. The first-order valence-electron chi connectivity index (χ1n) is 8.71. The van der Waals surface area contributed by atoms with Gasteiger partial charge < -0.3 is 4.74 Å². The number of hydrogen-bond acceptors (Lipinski definition) is 7. The molecule has 1 aliphatic rings. The molecule has 5 atom stereocenters. The molecule has 9 nitrogen and oxygen atoms in total. The summed E-state index contributed by atoms with van der Waals surface area (Å²) in [6.07, 6.45) is 2.02. The van der Waals surface area contributed by atoms with Crippen LogP contribution in [0.25, 0.3) is 0 Å². The Kier molecular flexibility index (Phi) is 7.79. The third kappa shape index (κ3) is 6.27. The molecule has 2 rings (SSSR count). The highest BCUT2D eigenvalue weighted by atomic mass is 32.2. The fourth-order valence-electron chi connectivity index (χ4n) is 2.73. The predicted octanol–water partition coefficient (Wildman–Crippen LogP) is 1.78. The van der Waals surface area contributed by atoms with E-state index in [4.69, 9.17) is 9.26 Å². The van der Waals surface area contributed by atoms with Crippen LogP contribution in [-0.2, 0) is 18.6 Å². The Bertz CT molecular complexity index is 795. The predicted molar refractivity (Wildman–Crippen MR) is 103 cm³/mol. The molecule has 27 heavy (non-hydrogen) atoms. The first-order valence-corrected chi connectivity index (χ1v) is 10.8. The molecule has 0 aliphatic carbocycles. The molecular weight excluding hydrogens is 393 g/mol. The van der Waals surface area contributed by atoms with Crippen molar-refractivity contribution in [2.75, 3.05) is 6.61 Å². The third-order valence-electron chi connectivity index (χ3n) is 3.96. The molecule has 0 spiro atoms. The zero-order valence-electron chi connectivity index (χ0n) is 15.7. The largest absolute Gasteiger partial charge is 0.613 e. The molecule has 2 heterocycles. The van der Waals surface area contributed by atoms with Gasteiger partial charge in [0, 0.05) is 17.5 Å². The summed E-state index contributed by atoms with van der Waals surface area (Å²) in [4.78, 5) is 37.1. The van der Waals surface area contributed by atoms with Gasteiger partial charge in [0.15, 0.2) is 0 Å². The Balaban J connectivity index is 1.85. The first kappa shape index (κ1) is 21.8. The van der Waals surface area contributed by atoms with Gasteiger partial charge in [-0.25, -0.2) is 4.79 Å². The maximum atomic E-state index is 12.0. The molecule has 1 saturated heterocycles. The molecule has 0 radical (unpaired) electrons. The molecule has 1 unspecified atom stereocenters. The van der Waals surface area contributed by atoms with Crippen molar-refractivity contribution in [3.63, 3.8) is 0 Å². The van der Waals surface area contributed by atoms with E-state index in [1.807, 2.05) is 6.92 Å². The summed E-state index contributed by atoms with van der Waals surface area (Å²) in [6, 6.07) is 0.579. The van der Waals surface area contributed by atoms with Gasteiger partial charge in [0.1, 0.15) is 12.6 Å². The van der Waals surface area contributed by atoms with E-state index in [9.17, 15) is 18.9 Å². The molecule has 1 aromatic rings. The van der Waals surface area contributed by atoms with Gasteiger partial charge in [0.25, 0.3) is 5.56 Å². The smallest absolute Gasteiger partial charge is 0.462 e. The molecular formula is C16H25N3O6PS+. The fourth-order valence-corrected chi connectivity index (χ4v) is 5.27. The highest BCUT2D eigenvalue weighted by Crippen LogP contribution is 2.45. The monoisotopic (exact) mass is 418 g/mol. The van der Waals surface area contributed by atoms with Gasteiger partial charge in [-0.1, -0.05) is 12.0 Å². The van der Waals surface area contributed by atoms with Gasteiger partial charge in [-0.3, -0.25) is 19.1 Å². The van der Waals surface area contributed by atoms with Crippen LogP contribution >= 0.6 is 19.9 Å². The van der Waals surface area contributed by atoms with Crippen molar-refractivity contribution in [3.8, 4) is 0 Å². The molecule has 1 fully saturated rings. The summed E-state index contributed by atoms with van der Waals surface area (Å²) in [5, 5.41) is 2.50. The van der Waals surface area contributed by atoms with Crippen LogP contribution < -0.4 is 16.3 Å². The van der Waals surface area contributed by atoms with E-state index in [0.29, 0.717) is 0 Å². The number of ether oxygens (including phenoxy) is 1. The minimum Gasteiger partial charge on any atom is -0.462 e. The Morgan fingerprint density at radius 3 is 2.78 bits per heavy atom. The number of nitrogens with one attached hydrogen (secondary N) is 2. The Morgan fingerprint density at radius 1 is 1.44 bits per heavy atom. The lowest BCUT2D eigenvalue weighted by Crippen LogP contribution is -2.33. The second-order valence-corrected chi connectivity index (χ2v) is 9.22. The molecule has 0 amide bonds. The molecule has 11 heteroatoms. The topological polar surface area (TPSA) is 119 Å². The van der Waals surface area contributed by atoms with Gasteiger partial charge in [-0.15, -0.1) is 16.3 Å². The molecule has 1 aromatic heterocycles. The zero-order chi connectivity index (χ0) is 20.1. The first-order chi connectivity index (χ1) is 12.7. The average molecular weight is 418 g/mol. The number of carbonyl (C=O) groups is 1. The summed E-state index contributed by atoms with van der Waals surface area (Å²) >= 11 is 1.54. The lowest BCUT2D eigenvalue weighted by Gasteiger charge is -2.16. The second-order valence-electron chi connectivity index (χ2n) is 6.77. The van der Waals surface area contributed by atoms with Crippen molar-refractivity contribution in [1.29, 1.82) is 0 Å². The van der Waals surface area contributed by atoms with Gasteiger partial charge in [0.05, 0.1) is 11.5 Å². The van der Waals surface area contributed by atoms with Crippen molar-refractivity contribution < 1.29 is 18.6 Å². The molecule has 2 N–H and O–H groups in total. The van der Waals surface area contributed by atoms with E-state index in [1.54, 1.807) is 20.8 Å². The quantitative estimate of drug-likeness (QED) is 0.484. The van der Waals surface area contributed by atoms with Crippen LogP contribution in [0, 0.1) is 5.92 Å². The summed E-state index contributed by atoms with van der Waals surface area (Å²) in [7, 11) is -2.22. The Labute approximate surface area is 162 Å². The maximum Gasteiger partial charge on any atom is 0.613 e. The van der Waals surface area contributed by atoms with Crippen LogP contribution in [0.1, 0.15) is 39.5 Å². The minimum atomic E-state index is -2.22. The van der Waals surface area contributed by atoms with E-state index in [0.717, 1.165) is 6.42 Å². The summed E-state index contributed by atoms with van der Waals surface area (Å²) in [5.74, 6) is -0.309. The molecule has 0 aromatic carbocycles. The number of rotatable bonds is 8. The minimum absolute atomic E-state index is 0.0440. The zero-order valence-corrected chi connectivity index (χ0v) is 17.4. The van der Waals surface area contributed by atoms with E-state index < -0.39 is 31.4 Å². The lowest BCUT2D eigenvalue weighted by atomic mass is 10.1. The molecule has 0 bridgehead atoms. The third-order valence-corrected chi connectivity index (χ3v) is 6.63. The highest BCUT2D eigenvalue weighted by Gasteiger charge is 2.36. The van der Waals surface area contributed by atoms with E-state index >= 15 is 0 Å². The summed E-state index contributed by atoms with van der Waals surface area (Å²) in [5.41, 5.74) is -0.876. The number of esters is 1. The van der Waals surface area contributed by atoms with Crippen molar-refractivity contribution in [1.82, 2.24) is 14.6 Å². The summed E-state index contributed by atoms with van der Waals surface area (Å²) < 4.78 is 23.9. The van der Waals surface area contributed by atoms with Crippen molar-refractivity contribution in [3.05, 3.63) is 33.1 Å². The van der Waals surface area contributed by atoms with Gasteiger partial charge in [0.2, 0.25) is 0 Å². The lowest BCUT2D eigenvalue weighted by molar-refractivity contribution is -0.149. The molecule has 1 aliphatic heterocycles. The highest BCUT2D eigenvalue weighted by molar-refractivity contribution is 8.00. The van der Waals surface area contributed by atoms with Crippen molar-refractivity contribution in [2.45, 2.75) is 56.9 Å². The van der Waals surface area contributed by atoms with E-state index in [-0.39, 0.29) is 29.3 Å². The van der Waals surface area contributed by atoms with Crippen LogP contribution in [0.15, 0.2) is 21.9 Å². The SMILES string of the molecule is CC(C)OC(=O)[C@H](C)N[P+](=O)OC[C@@H]1C[C@H](C)[C@H](n2ccc(=O)[nH]c2=O)S1. The van der Waals surface area contributed by atoms with Gasteiger partial charge in [-0.2, -0.15) is 0 Å². The molecule has 150 valence electrons. The number of H-pyrrole nitrogens is 1. The number of nitrogens with zero attached hydrogens (tertiary/aromatic N) is 1. The standard InChI is InChI=1S/C16H24N3O6PS/c1-9(2)25-15(21)11(4)18-26(23)24-8-12-7-10(3)14(27-12)19-6-5-13(20)17-16(19)22/h5-6,9-12,14H,7-8H2,1-4H3,(H-,17,18,20,22,23)/p+1/t10-,11-,12-,14+/m0/s1. The van der Waals surface area contributed by atoms with Crippen LogP contribution in [0.4, 0.5) is 0 Å². The van der Waals surface area contributed by atoms with Gasteiger partial charge in [-0.05, 0) is 37.7 Å². The summed E-state index contributed by atoms with van der Waals surface area (Å²) in [6.45, 7) is 7.27. The van der Waals surface area contributed by atoms with Gasteiger partial charge >= 0.3 is 19.8 Å². The van der Waals surface area contributed by atoms with E-state index in [2.05, 4.69) is 10.1 Å². The Morgan fingerprint density at radius 2 is 2.15 bits per heavy atom. The number of hydrogen-bond donors (Lipinski definition) is 2. The number of thioether (sulfide) groups is 1. The van der Waals surface area contributed by atoms with Crippen LogP contribution in [0.2, 0.25) is 0 Å². The van der Waals surface area contributed by atoms with Crippen molar-refractivity contribution >= 4 is 25.9 Å². The second kappa shape index (κ2) is 9.64.